The molecule has 2 atom stereocenters. The molecule has 0 radical (unpaired) electrons. The molecule has 0 aromatic carbocycles. The van der Waals surface area contributed by atoms with Gasteiger partial charge in [0.1, 0.15) is 0 Å². The first kappa shape index (κ1) is 13.6. The molecule has 0 heterocycles. The second-order valence-corrected chi connectivity index (χ2v) is 6.04. The Morgan fingerprint density at radius 3 is 2.72 bits per heavy atom. The normalized spacial score (nSPS) is 29.8. The van der Waals surface area contributed by atoms with Crippen molar-refractivity contribution in [2.75, 3.05) is 0 Å². The maximum Gasteiger partial charge on any atom is 0.0823 e. The van der Waals surface area contributed by atoms with Crippen LogP contribution >= 0.6 is 0 Å². The van der Waals surface area contributed by atoms with Crippen LogP contribution in [0.25, 0.3) is 0 Å². The van der Waals surface area contributed by atoms with Gasteiger partial charge < -0.3 is 5.11 Å². The van der Waals surface area contributed by atoms with Crippen LogP contribution in [0.1, 0.15) is 58.8 Å². The molecular formula is C17H26O. The molecule has 1 saturated carbocycles. The molecule has 0 saturated heterocycles. The fourth-order valence-electron chi connectivity index (χ4n) is 3.32. The van der Waals surface area contributed by atoms with Gasteiger partial charge in [0.2, 0.25) is 0 Å². The number of aliphatic hydroxyl groups is 1. The zero-order valence-corrected chi connectivity index (χ0v) is 11.8. The van der Waals surface area contributed by atoms with Crippen molar-refractivity contribution in [3.05, 3.63) is 34.9 Å². The highest BCUT2D eigenvalue weighted by Crippen LogP contribution is 2.36. The number of hydrogen-bond acceptors (Lipinski definition) is 1. The summed E-state index contributed by atoms with van der Waals surface area (Å²) in [6.07, 6.45) is 10.4. The van der Waals surface area contributed by atoms with E-state index in [9.17, 15) is 5.11 Å². The number of allylic oxidation sites excluding steroid dienone is 3. The molecule has 0 amide bonds. The van der Waals surface area contributed by atoms with Crippen molar-refractivity contribution in [2.24, 2.45) is 5.92 Å². The maximum atomic E-state index is 10.7. The molecule has 1 nitrogen and oxygen atoms in total. The summed E-state index contributed by atoms with van der Waals surface area (Å²) < 4.78 is 0. The minimum Gasteiger partial charge on any atom is -0.388 e. The zero-order chi connectivity index (χ0) is 13.1. The number of hydrogen-bond donors (Lipinski definition) is 1. The lowest BCUT2D eigenvalue weighted by Gasteiger charge is -2.25. The molecule has 0 unspecified atom stereocenters. The molecular weight excluding hydrogens is 220 g/mol. The molecule has 0 spiro atoms. The van der Waals surface area contributed by atoms with Crippen molar-refractivity contribution in [3.8, 4) is 0 Å². The molecule has 2 aliphatic carbocycles. The second-order valence-electron chi connectivity index (χ2n) is 6.04. The summed E-state index contributed by atoms with van der Waals surface area (Å²) in [7, 11) is 0. The Balaban J connectivity index is 2.20. The van der Waals surface area contributed by atoms with Gasteiger partial charge in [-0.25, -0.2) is 0 Å². The zero-order valence-electron chi connectivity index (χ0n) is 11.8. The predicted octanol–water partition coefficient (Wildman–Crippen LogP) is 4.54. The van der Waals surface area contributed by atoms with E-state index < -0.39 is 0 Å². The summed E-state index contributed by atoms with van der Waals surface area (Å²) in [6.45, 7) is 8.29. The van der Waals surface area contributed by atoms with E-state index in [1.165, 1.54) is 48.8 Å². The van der Waals surface area contributed by atoms with Crippen molar-refractivity contribution in [2.45, 2.75) is 64.9 Å². The highest BCUT2D eigenvalue weighted by Gasteiger charge is 2.27. The average molecular weight is 246 g/mol. The van der Waals surface area contributed by atoms with E-state index >= 15 is 0 Å². The maximum absolute atomic E-state index is 10.7. The third-order valence-corrected chi connectivity index (χ3v) is 4.48. The Kier molecular flexibility index (Phi) is 4.45. The van der Waals surface area contributed by atoms with Gasteiger partial charge in [-0.3, -0.25) is 0 Å². The van der Waals surface area contributed by atoms with E-state index in [-0.39, 0.29) is 12.0 Å². The van der Waals surface area contributed by atoms with Gasteiger partial charge in [0, 0.05) is 5.92 Å². The van der Waals surface area contributed by atoms with Gasteiger partial charge in [0.25, 0.3) is 0 Å². The smallest absolute Gasteiger partial charge is 0.0823 e. The first-order valence-electron chi connectivity index (χ1n) is 7.32. The second kappa shape index (κ2) is 5.88. The Morgan fingerprint density at radius 2 is 2.00 bits per heavy atom. The van der Waals surface area contributed by atoms with E-state index in [1.54, 1.807) is 0 Å². The minimum absolute atomic E-state index is 0.251. The van der Waals surface area contributed by atoms with E-state index in [0.29, 0.717) is 0 Å². The van der Waals surface area contributed by atoms with Crippen molar-refractivity contribution in [3.63, 3.8) is 0 Å². The molecule has 1 N–H and O–H groups in total. The summed E-state index contributed by atoms with van der Waals surface area (Å²) in [5, 5.41) is 10.7. The Labute approximate surface area is 111 Å². The first-order valence-corrected chi connectivity index (χ1v) is 7.32. The predicted molar refractivity (Wildman–Crippen MR) is 77.4 cm³/mol. The van der Waals surface area contributed by atoms with Crippen LogP contribution in [0.4, 0.5) is 0 Å². The van der Waals surface area contributed by atoms with E-state index in [4.69, 9.17) is 0 Å². The monoisotopic (exact) mass is 246 g/mol. The summed E-state index contributed by atoms with van der Waals surface area (Å²) in [6, 6.07) is 0. The third-order valence-electron chi connectivity index (χ3n) is 4.48. The van der Waals surface area contributed by atoms with Crippen LogP contribution in [0, 0.1) is 5.92 Å². The Morgan fingerprint density at radius 1 is 1.28 bits per heavy atom. The molecule has 2 aliphatic rings. The van der Waals surface area contributed by atoms with Gasteiger partial charge in [0.15, 0.2) is 0 Å². The highest BCUT2D eigenvalue weighted by molar-refractivity contribution is 5.40. The molecule has 18 heavy (non-hydrogen) atoms. The molecule has 0 aromatic rings. The summed E-state index contributed by atoms with van der Waals surface area (Å²) in [5.74, 6) is 0.251. The molecule has 100 valence electrons. The fourth-order valence-corrected chi connectivity index (χ4v) is 3.32. The van der Waals surface area contributed by atoms with Crippen molar-refractivity contribution in [1.29, 1.82) is 0 Å². The Hall–Kier alpha value is -0.820. The minimum atomic E-state index is -0.311. The first-order chi connectivity index (χ1) is 8.59. The van der Waals surface area contributed by atoms with Gasteiger partial charge in [-0.2, -0.15) is 0 Å². The lowest BCUT2D eigenvalue weighted by atomic mass is 9.84. The Bertz CT molecular complexity index is 386. The van der Waals surface area contributed by atoms with Crippen LogP contribution < -0.4 is 0 Å². The van der Waals surface area contributed by atoms with Crippen molar-refractivity contribution >= 4 is 0 Å². The topological polar surface area (TPSA) is 20.2 Å². The van der Waals surface area contributed by atoms with Gasteiger partial charge in [0.05, 0.1) is 6.10 Å². The van der Waals surface area contributed by atoms with E-state index in [1.807, 2.05) is 0 Å². The van der Waals surface area contributed by atoms with Gasteiger partial charge in [-0.15, -0.1) is 0 Å². The van der Waals surface area contributed by atoms with Crippen LogP contribution in [0.5, 0.6) is 0 Å². The summed E-state index contributed by atoms with van der Waals surface area (Å²) in [4.78, 5) is 0. The number of rotatable bonds is 1. The van der Waals surface area contributed by atoms with Crippen LogP contribution in [0.15, 0.2) is 34.9 Å². The summed E-state index contributed by atoms with van der Waals surface area (Å²) in [5.41, 5.74) is 5.20. The molecule has 0 aromatic heterocycles. The molecule has 2 rings (SSSR count). The molecule has 0 aliphatic heterocycles. The average Bonchev–Trinajstić information content (AvgIpc) is 2.65. The lowest BCUT2D eigenvalue weighted by molar-refractivity contribution is 0.150. The molecule has 1 heteroatoms. The van der Waals surface area contributed by atoms with E-state index in [0.717, 1.165) is 18.4 Å². The standard InChI is InChI=1S/C17H26O/c1-12(2)15-9-7-5-4-6-8-14-10-13(3)16(11-14)17(15)18/h10,15,17-18H,1,4-9,11H2,2-3H3/t15-,17+/m1/s1. The van der Waals surface area contributed by atoms with Crippen LogP contribution in [0.2, 0.25) is 0 Å². The lowest BCUT2D eigenvalue weighted by Crippen LogP contribution is -2.24. The third kappa shape index (κ3) is 2.95. The van der Waals surface area contributed by atoms with E-state index in [2.05, 4.69) is 26.5 Å². The number of aliphatic hydroxyl groups excluding tert-OH is 1. The van der Waals surface area contributed by atoms with Gasteiger partial charge >= 0.3 is 0 Å². The van der Waals surface area contributed by atoms with Crippen LogP contribution in [-0.2, 0) is 0 Å². The van der Waals surface area contributed by atoms with Crippen molar-refractivity contribution < 1.29 is 5.11 Å². The van der Waals surface area contributed by atoms with Crippen molar-refractivity contribution in [1.82, 2.24) is 0 Å². The SMILES string of the molecule is C=C(C)[C@H]1CCCCCCC2=CC(C)=C(C2)[C@H]1O. The largest absolute Gasteiger partial charge is 0.388 e. The fraction of sp³-hybridized carbons (Fsp3) is 0.647. The highest BCUT2D eigenvalue weighted by atomic mass is 16.3. The van der Waals surface area contributed by atoms with Crippen LogP contribution in [0.3, 0.4) is 0 Å². The number of fused-ring (bicyclic) bond motifs is 2. The quantitative estimate of drug-likeness (QED) is 0.673. The molecule has 1 fully saturated rings. The molecule has 2 bridgehead atoms. The van der Waals surface area contributed by atoms with Crippen LogP contribution in [-0.4, -0.2) is 11.2 Å². The van der Waals surface area contributed by atoms with Gasteiger partial charge in [-0.05, 0) is 50.7 Å². The van der Waals surface area contributed by atoms with Gasteiger partial charge in [-0.1, -0.05) is 43.1 Å². The summed E-state index contributed by atoms with van der Waals surface area (Å²) >= 11 is 0.